The van der Waals surface area contributed by atoms with Crippen molar-refractivity contribution < 1.29 is 4.74 Å². The number of pyridine rings is 1. The molecule has 38 heavy (non-hydrogen) atoms. The number of morpholine rings is 1. The number of halogens is 1. The molecule has 198 valence electrons. The van der Waals surface area contributed by atoms with Crippen LogP contribution < -0.4 is 15.8 Å². The number of aromatic nitrogens is 7. The lowest BCUT2D eigenvalue weighted by Gasteiger charge is -2.33. The van der Waals surface area contributed by atoms with Crippen molar-refractivity contribution in [2.75, 3.05) is 37.7 Å². The molecule has 0 bridgehead atoms. The van der Waals surface area contributed by atoms with Crippen LogP contribution in [-0.4, -0.2) is 73.4 Å². The summed E-state index contributed by atoms with van der Waals surface area (Å²) in [6.45, 7) is 4.17. The minimum atomic E-state index is -0.213. The molecule has 2 aliphatic rings. The molecule has 0 spiro atoms. The highest BCUT2D eigenvalue weighted by atomic mass is 35.5. The van der Waals surface area contributed by atoms with Crippen molar-refractivity contribution >= 4 is 18.4 Å². The fourth-order valence-corrected chi connectivity index (χ4v) is 4.84. The first-order valence-electron chi connectivity index (χ1n) is 12.7. The van der Waals surface area contributed by atoms with E-state index in [0.29, 0.717) is 43.9 Å². The van der Waals surface area contributed by atoms with Gasteiger partial charge in [0.2, 0.25) is 5.95 Å². The van der Waals surface area contributed by atoms with Crippen molar-refractivity contribution in [1.29, 1.82) is 0 Å². The molecule has 6 heterocycles. The van der Waals surface area contributed by atoms with Crippen LogP contribution in [0.2, 0.25) is 0 Å². The Morgan fingerprint density at radius 1 is 1.00 bits per heavy atom. The summed E-state index contributed by atoms with van der Waals surface area (Å²) >= 11 is 0. The summed E-state index contributed by atoms with van der Waals surface area (Å²) in [5.41, 5.74) is 3.35. The Morgan fingerprint density at radius 3 is 2.63 bits per heavy atom. The molecule has 2 fully saturated rings. The maximum absolute atomic E-state index is 12.5. The van der Waals surface area contributed by atoms with Crippen LogP contribution in [0.3, 0.4) is 0 Å². The summed E-state index contributed by atoms with van der Waals surface area (Å²) in [6.07, 6.45) is 13.1. The normalized spacial score (nSPS) is 18.2. The number of nitrogens with zero attached hydrogens (tertiary/aromatic N) is 8. The molecular weight excluding hydrogens is 506 g/mol. The molecule has 4 aromatic rings. The summed E-state index contributed by atoms with van der Waals surface area (Å²) in [4.78, 5) is 28.0. The average molecular weight is 536 g/mol. The van der Waals surface area contributed by atoms with Crippen LogP contribution in [0.15, 0.2) is 66.2 Å². The van der Waals surface area contributed by atoms with Gasteiger partial charge in [0.1, 0.15) is 0 Å². The van der Waals surface area contributed by atoms with Crippen molar-refractivity contribution in [2.24, 2.45) is 0 Å². The molecule has 0 aliphatic carbocycles. The van der Waals surface area contributed by atoms with E-state index in [-0.39, 0.29) is 24.1 Å². The molecule has 4 aromatic heterocycles. The SMILES string of the molecule is Cl.O=c1ccc(-c2cccnc2)nn1C[C@@H]1CN(c2ncc(-c3cnn(C4CCNCC4)c3)cn2)CCO1. The Balaban J connectivity index is 0.00000294. The molecule has 2 aliphatic heterocycles. The van der Waals surface area contributed by atoms with Gasteiger partial charge in [0.05, 0.1) is 37.2 Å². The van der Waals surface area contributed by atoms with Gasteiger partial charge >= 0.3 is 0 Å². The predicted octanol–water partition coefficient (Wildman–Crippen LogP) is 2.21. The van der Waals surface area contributed by atoms with Gasteiger partial charge in [-0.15, -0.1) is 12.4 Å². The average Bonchev–Trinajstić information content (AvgIpc) is 3.46. The zero-order chi connectivity index (χ0) is 25.0. The van der Waals surface area contributed by atoms with Crippen LogP contribution in [0.4, 0.5) is 5.95 Å². The minimum Gasteiger partial charge on any atom is -0.373 e. The summed E-state index contributed by atoms with van der Waals surface area (Å²) < 4.78 is 9.49. The molecule has 12 heteroatoms. The molecule has 0 amide bonds. The number of hydrogen-bond donors (Lipinski definition) is 1. The Hall–Kier alpha value is -3.67. The first-order valence-corrected chi connectivity index (χ1v) is 12.7. The number of anilines is 1. The monoisotopic (exact) mass is 535 g/mol. The molecule has 2 saturated heterocycles. The molecule has 11 nitrogen and oxygen atoms in total. The van der Waals surface area contributed by atoms with Crippen molar-refractivity contribution in [3.05, 3.63) is 71.8 Å². The van der Waals surface area contributed by atoms with Gasteiger partial charge < -0.3 is 15.0 Å². The molecule has 1 atom stereocenters. The van der Waals surface area contributed by atoms with Gasteiger partial charge in [-0.3, -0.25) is 14.5 Å². The zero-order valence-electron chi connectivity index (χ0n) is 20.9. The summed E-state index contributed by atoms with van der Waals surface area (Å²) in [5, 5.41) is 12.5. The molecule has 6 rings (SSSR count). The fraction of sp³-hybridized carbons (Fsp3) is 0.385. The summed E-state index contributed by atoms with van der Waals surface area (Å²) in [7, 11) is 0. The lowest BCUT2D eigenvalue weighted by molar-refractivity contribution is 0.0260. The molecule has 0 saturated carbocycles. The van der Waals surface area contributed by atoms with Crippen LogP contribution in [0.5, 0.6) is 0 Å². The highest BCUT2D eigenvalue weighted by molar-refractivity contribution is 5.85. The van der Waals surface area contributed by atoms with E-state index in [0.717, 1.165) is 42.6 Å². The predicted molar refractivity (Wildman–Crippen MR) is 145 cm³/mol. The topological polar surface area (TPSA) is 116 Å². The van der Waals surface area contributed by atoms with Crippen LogP contribution in [-0.2, 0) is 11.3 Å². The Morgan fingerprint density at radius 2 is 1.84 bits per heavy atom. The third-order valence-corrected chi connectivity index (χ3v) is 6.88. The van der Waals surface area contributed by atoms with Gasteiger partial charge in [-0.2, -0.15) is 10.2 Å². The molecule has 0 radical (unpaired) electrons. The second-order valence-corrected chi connectivity index (χ2v) is 9.38. The van der Waals surface area contributed by atoms with E-state index < -0.39 is 0 Å². The number of rotatable bonds is 6. The van der Waals surface area contributed by atoms with Crippen molar-refractivity contribution in [1.82, 2.24) is 39.8 Å². The highest BCUT2D eigenvalue weighted by Gasteiger charge is 2.24. The molecular formula is C26H30ClN9O2. The second kappa shape index (κ2) is 11.8. The zero-order valence-corrected chi connectivity index (χ0v) is 21.7. The number of piperidine rings is 1. The first kappa shape index (κ1) is 26.0. The van der Waals surface area contributed by atoms with Crippen molar-refractivity contribution in [3.8, 4) is 22.4 Å². The van der Waals surface area contributed by atoms with E-state index in [1.54, 1.807) is 18.5 Å². The van der Waals surface area contributed by atoms with Gasteiger partial charge in [-0.05, 0) is 44.1 Å². The number of hydrogen-bond acceptors (Lipinski definition) is 9. The quantitative estimate of drug-likeness (QED) is 0.396. The Kier molecular flexibility index (Phi) is 8.06. The smallest absolute Gasteiger partial charge is 0.266 e. The maximum Gasteiger partial charge on any atom is 0.266 e. The van der Waals surface area contributed by atoms with Crippen LogP contribution in [0.1, 0.15) is 18.9 Å². The lowest BCUT2D eigenvalue weighted by atomic mass is 10.1. The van der Waals surface area contributed by atoms with E-state index in [2.05, 4.69) is 46.2 Å². The van der Waals surface area contributed by atoms with Gasteiger partial charge in [-0.25, -0.2) is 14.6 Å². The number of nitrogens with one attached hydrogen (secondary N) is 1. The maximum atomic E-state index is 12.5. The summed E-state index contributed by atoms with van der Waals surface area (Å²) in [6, 6.07) is 7.45. The van der Waals surface area contributed by atoms with Crippen molar-refractivity contribution in [2.45, 2.75) is 31.5 Å². The van der Waals surface area contributed by atoms with E-state index in [1.807, 2.05) is 30.7 Å². The third-order valence-electron chi connectivity index (χ3n) is 6.88. The molecule has 0 unspecified atom stereocenters. The van der Waals surface area contributed by atoms with Gasteiger partial charge in [0.25, 0.3) is 5.56 Å². The summed E-state index contributed by atoms with van der Waals surface area (Å²) in [5.74, 6) is 0.646. The Labute approximate surface area is 226 Å². The van der Waals surface area contributed by atoms with Gasteiger partial charge in [0, 0.05) is 66.8 Å². The largest absolute Gasteiger partial charge is 0.373 e. The first-order chi connectivity index (χ1) is 18.2. The third kappa shape index (κ3) is 5.74. The lowest BCUT2D eigenvalue weighted by Crippen LogP contribution is -2.46. The Bertz CT molecular complexity index is 1390. The van der Waals surface area contributed by atoms with Gasteiger partial charge in [0.15, 0.2) is 0 Å². The van der Waals surface area contributed by atoms with Crippen molar-refractivity contribution in [3.63, 3.8) is 0 Å². The van der Waals surface area contributed by atoms with E-state index in [1.165, 1.54) is 10.7 Å². The molecule has 1 N–H and O–H groups in total. The van der Waals surface area contributed by atoms with E-state index >= 15 is 0 Å². The van der Waals surface area contributed by atoms with E-state index in [9.17, 15) is 4.79 Å². The minimum absolute atomic E-state index is 0. The van der Waals surface area contributed by atoms with Crippen LogP contribution in [0.25, 0.3) is 22.4 Å². The molecule has 0 aromatic carbocycles. The second-order valence-electron chi connectivity index (χ2n) is 9.38. The van der Waals surface area contributed by atoms with Crippen LogP contribution >= 0.6 is 12.4 Å². The van der Waals surface area contributed by atoms with Crippen LogP contribution in [0, 0.1) is 0 Å². The highest BCUT2D eigenvalue weighted by Crippen LogP contribution is 2.24. The number of ether oxygens (including phenoxy) is 1. The van der Waals surface area contributed by atoms with Gasteiger partial charge in [-0.1, -0.05) is 0 Å². The standard InChI is InChI=1S/C26H29N9O2.ClH/c36-25-4-3-24(19-2-1-7-28-12-19)32-35(25)18-23-17-33(10-11-37-23)26-29-13-20(14-30-26)21-15-31-34(16-21)22-5-8-27-9-6-22;/h1-4,7,12-16,22-23,27H,5-6,8-11,17-18H2;1H/t23-;/m0./s1. The van der Waals surface area contributed by atoms with E-state index in [4.69, 9.17) is 4.74 Å². The fourth-order valence-electron chi connectivity index (χ4n) is 4.84.